The summed E-state index contributed by atoms with van der Waals surface area (Å²) in [6.45, 7) is -1.15. The highest BCUT2D eigenvalue weighted by Gasteiger charge is 2.34. The lowest BCUT2D eigenvalue weighted by molar-refractivity contribution is -0.123. The normalized spacial score (nSPS) is 15.4. The van der Waals surface area contributed by atoms with E-state index < -0.39 is 18.8 Å². The van der Waals surface area contributed by atoms with Crippen molar-refractivity contribution in [2.45, 2.75) is 31.5 Å². The molecule has 0 unspecified atom stereocenters. The van der Waals surface area contributed by atoms with E-state index in [1.807, 2.05) is 6.07 Å². The molecule has 90 valence electrons. The smallest absolute Gasteiger partial charge is 0.329 e. The largest absolute Gasteiger partial charge is 0.405 e. The predicted molar refractivity (Wildman–Crippen MR) is 49.4 cm³/mol. The van der Waals surface area contributed by atoms with Crippen LogP contribution in [0.3, 0.4) is 0 Å². The van der Waals surface area contributed by atoms with Gasteiger partial charge in [-0.1, -0.05) is 0 Å². The first-order chi connectivity index (χ1) is 7.44. The quantitative estimate of drug-likeness (QED) is 0.805. The molecule has 0 spiro atoms. The molecule has 0 atom stereocenters. The van der Waals surface area contributed by atoms with Crippen LogP contribution in [0, 0.1) is 11.3 Å². The van der Waals surface area contributed by atoms with Crippen molar-refractivity contribution in [3.8, 4) is 6.07 Å². The summed E-state index contributed by atoms with van der Waals surface area (Å²) in [7, 11) is 0. The number of amides is 2. The summed E-state index contributed by atoms with van der Waals surface area (Å²) in [6.07, 6.45) is -2.67. The van der Waals surface area contributed by atoms with E-state index in [9.17, 15) is 18.0 Å². The Kier molecular flexibility index (Phi) is 3.99. The average molecular weight is 235 g/mol. The zero-order chi connectivity index (χ0) is 12.2. The van der Waals surface area contributed by atoms with Crippen LogP contribution < -0.4 is 5.32 Å². The number of urea groups is 1. The van der Waals surface area contributed by atoms with Crippen molar-refractivity contribution in [3.63, 3.8) is 0 Å². The van der Waals surface area contributed by atoms with Crippen molar-refractivity contribution >= 4 is 6.03 Å². The number of hydrogen-bond donors (Lipinski definition) is 1. The van der Waals surface area contributed by atoms with E-state index in [2.05, 4.69) is 0 Å². The Morgan fingerprint density at radius 2 is 2.12 bits per heavy atom. The topological polar surface area (TPSA) is 56.1 Å². The molecule has 0 radical (unpaired) electrons. The Labute approximate surface area is 91.0 Å². The molecule has 0 aromatic rings. The highest BCUT2D eigenvalue weighted by atomic mass is 19.4. The molecule has 2 amide bonds. The standard InChI is InChI=1S/C9H12F3N3O/c10-9(11,12)6-14-8(16)15(5-1-4-13)7-2-3-7/h7H,1-3,5-6H2,(H,14,16). The molecule has 0 bridgehead atoms. The van der Waals surface area contributed by atoms with Gasteiger partial charge in [-0.05, 0) is 12.8 Å². The average Bonchev–Trinajstić information content (AvgIpc) is 2.98. The zero-order valence-corrected chi connectivity index (χ0v) is 8.55. The number of nitrogens with zero attached hydrogens (tertiary/aromatic N) is 2. The molecular weight excluding hydrogens is 223 g/mol. The van der Waals surface area contributed by atoms with Crippen molar-refractivity contribution in [1.82, 2.24) is 10.2 Å². The molecular formula is C9H12F3N3O. The van der Waals surface area contributed by atoms with Crippen LogP contribution in [0.25, 0.3) is 0 Å². The Balaban J connectivity index is 2.39. The Bertz CT molecular complexity index is 293. The molecule has 0 aliphatic heterocycles. The van der Waals surface area contributed by atoms with Gasteiger partial charge in [0.2, 0.25) is 0 Å². The number of hydrogen-bond acceptors (Lipinski definition) is 2. The van der Waals surface area contributed by atoms with Crippen molar-refractivity contribution < 1.29 is 18.0 Å². The lowest BCUT2D eigenvalue weighted by Gasteiger charge is -2.22. The Hall–Kier alpha value is -1.45. The van der Waals surface area contributed by atoms with Gasteiger partial charge < -0.3 is 10.2 Å². The van der Waals surface area contributed by atoms with Crippen molar-refractivity contribution in [2.75, 3.05) is 13.1 Å². The third-order valence-corrected chi connectivity index (χ3v) is 2.15. The molecule has 0 aromatic heterocycles. The molecule has 1 fully saturated rings. The van der Waals surface area contributed by atoms with Gasteiger partial charge in [-0.2, -0.15) is 18.4 Å². The minimum absolute atomic E-state index is 0.00147. The number of alkyl halides is 3. The van der Waals surface area contributed by atoms with Gasteiger partial charge in [0.05, 0.1) is 12.5 Å². The molecule has 0 aromatic carbocycles. The van der Waals surface area contributed by atoms with Crippen LogP contribution in [0.2, 0.25) is 0 Å². The second kappa shape index (κ2) is 5.05. The summed E-state index contributed by atoms with van der Waals surface area (Å²) in [5.74, 6) is 0. The number of nitrogens with one attached hydrogen (secondary N) is 1. The molecule has 0 heterocycles. The lowest BCUT2D eigenvalue weighted by atomic mass is 10.4. The molecule has 16 heavy (non-hydrogen) atoms. The molecule has 1 saturated carbocycles. The maximum absolute atomic E-state index is 11.9. The fourth-order valence-electron chi connectivity index (χ4n) is 1.28. The first-order valence-corrected chi connectivity index (χ1v) is 4.92. The summed E-state index contributed by atoms with van der Waals surface area (Å²) in [5, 5.41) is 10.2. The van der Waals surface area contributed by atoms with Gasteiger partial charge in [-0.15, -0.1) is 0 Å². The number of nitriles is 1. The maximum atomic E-state index is 11.9. The van der Waals surface area contributed by atoms with E-state index in [1.165, 1.54) is 4.90 Å². The number of carbonyl (C=O) groups is 1. The first-order valence-electron chi connectivity index (χ1n) is 4.92. The summed E-state index contributed by atoms with van der Waals surface area (Å²) in [6, 6.07) is 1.12. The van der Waals surface area contributed by atoms with E-state index >= 15 is 0 Å². The number of rotatable bonds is 4. The van der Waals surface area contributed by atoms with Gasteiger partial charge >= 0.3 is 12.2 Å². The highest BCUT2D eigenvalue weighted by Crippen LogP contribution is 2.27. The first kappa shape index (κ1) is 12.6. The molecule has 4 nitrogen and oxygen atoms in total. The fourth-order valence-corrected chi connectivity index (χ4v) is 1.28. The second-order valence-corrected chi connectivity index (χ2v) is 3.61. The molecule has 7 heteroatoms. The molecule has 1 aliphatic rings. The summed E-state index contributed by atoms with van der Waals surface area (Å²) >= 11 is 0. The molecule has 1 aliphatic carbocycles. The maximum Gasteiger partial charge on any atom is 0.405 e. The van der Waals surface area contributed by atoms with Crippen LogP contribution in [-0.4, -0.2) is 36.2 Å². The van der Waals surface area contributed by atoms with Crippen molar-refractivity contribution in [1.29, 1.82) is 5.26 Å². The van der Waals surface area contributed by atoms with Crippen LogP contribution in [0.5, 0.6) is 0 Å². The fraction of sp³-hybridized carbons (Fsp3) is 0.778. The summed E-state index contributed by atoms with van der Waals surface area (Å²) in [4.78, 5) is 12.7. The number of halogens is 3. The van der Waals surface area contributed by atoms with Gasteiger partial charge in [0.25, 0.3) is 0 Å². The third kappa shape index (κ3) is 4.38. The van der Waals surface area contributed by atoms with Gasteiger partial charge in [0.15, 0.2) is 0 Å². The minimum atomic E-state index is -4.40. The third-order valence-electron chi connectivity index (χ3n) is 2.15. The summed E-state index contributed by atoms with van der Waals surface area (Å²) in [5.41, 5.74) is 0. The predicted octanol–water partition coefficient (Wildman–Crippen LogP) is 1.64. The van der Waals surface area contributed by atoms with E-state index in [-0.39, 0.29) is 19.0 Å². The Morgan fingerprint density at radius 3 is 2.56 bits per heavy atom. The molecule has 1 N–H and O–H groups in total. The van der Waals surface area contributed by atoms with Gasteiger partial charge in [0.1, 0.15) is 6.54 Å². The van der Waals surface area contributed by atoms with Gasteiger partial charge in [0, 0.05) is 12.6 Å². The van der Waals surface area contributed by atoms with Crippen molar-refractivity contribution in [3.05, 3.63) is 0 Å². The van der Waals surface area contributed by atoms with Crippen LogP contribution in [0.1, 0.15) is 19.3 Å². The Morgan fingerprint density at radius 1 is 1.50 bits per heavy atom. The monoisotopic (exact) mass is 235 g/mol. The van der Waals surface area contributed by atoms with Gasteiger partial charge in [-0.3, -0.25) is 0 Å². The van der Waals surface area contributed by atoms with Crippen LogP contribution in [-0.2, 0) is 0 Å². The van der Waals surface area contributed by atoms with Crippen LogP contribution in [0.4, 0.5) is 18.0 Å². The van der Waals surface area contributed by atoms with Crippen molar-refractivity contribution in [2.24, 2.45) is 0 Å². The molecule has 1 rings (SSSR count). The SMILES string of the molecule is N#CCCN(C(=O)NCC(F)(F)F)C1CC1. The van der Waals surface area contributed by atoms with Crippen LogP contribution in [0.15, 0.2) is 0 Å². The van der Waals surface area contributed by atoms with E-state index in [0.29, 0.717) is 0 Å². The van der Waals surface area contributed by atoms with Crippen LogP contribution >= 0.6 is 0 Å². The van der Waals surface area contributed by atoms with Gasteiger partial charge in [-0.25, -0.2) is 4.79 Å². The summed E-state index contributed by atoms with van der Waals surface area (Å²) < 4.78 is 35.6. The van der Waals surface area contributed by atoms with E-state index in [0.717, 1.165) is 12.8 Å². The second-order valence-electron chi connectivity index (χ2n) is 3.61. The van der Waals surface area contributed by atoms with E-state index in [1.54, 1.807) is 5.32 Å². The van der Waals surface area contributed by atoms with E-state index in [4.69, 9.17) is 5.26 Å². The zero-order valence-electron chi connectivity index (χ0n) is 8.55. The molecule has 0 saturated heterocycles. The highest BCUT2D eigenvalue weighted by molar-refractivity contribution is 5.75. The lowest BCUT2D eigenvalue weighted by Crippen LogP contribution is -2.45. The number of carbonyl (C=O) groups excluding carboxylic acids is 1. The minimum Gasteiger partial charge on any atom is -0.329 e.